The molecule has 0 heterocycles. The van der Waals surface area contributed by atoms with Crippen molar-refractivity contribution in [2.24, 2.45) is 0 Å². The van der Waals surface area contributed by atoms with Crippen LogP contribution in [0.3, 0.4) is 0 Å². The van der Waals surface area contributed by atoms with Gasteiger partial charge in [-0.05, 0) is 0 Å². The van der Waals surface area contributed by atoms with E-state index in [0.717, 1.165) is 0 Å². The molecular weight excluding hydrogens is 218 g/mol. The zero-order chi connectivity index (χ0) is 12.0. The smallest absolute Gasteiger partial charge is 0.309 e. The SMILES string of the molecule is C[N+](C)(C)CCC(=O)O.[O-][Cl+3]([O-])([O-])[O-]. The van der Waals surface area contributed by atoms with E-state index >= 15 is 0 Å². The largest absolute Gasteiger partial charge is 0.481 e. The molecule has 0 atom stereocenters. The molecule has 0 aliphatic rings. The maximum Gasteiger partial charge on any atom is 0.309 e. The van der Waals surface area contributed by atoms with Crippen LogP contribution in [0.2, 0.25) is 0 Å². The molecule has 0 aliphatic heterocycles. The van der Waals surface area contributed by atoms with Crippen LogP contribution in [0.15, 0.2) is 0 Å². The maximum atomic E-state index is 10.0. The van der Waals surface area contributed by atoms with Crippen molar-refractivity contribution < 1.29 is 43.3 Å². The molecule has 0 aromatic carbocycles. The summed E-state index contributed by atoms with van der Waals surface area (Å²) < 4.78 is 34.7. The minimum Gasteiger partial charge on any atom is -0.481 e. The molecule has 8 heteroatoms. The first kappa shape index (κ1) is 16.0. The summed E-state index contributed by atoms with van der Waals surface area (Å²) in [6.45, 7) is 0.690. The van der Waals surface area contributed by atoms with Crippen molar-refractivity contribution >= 4 is 5.97 Å². The predicted octanol–water partition coefficient (Wildman–Crippen LogP) is -4.59. The average Bonchev–Trinajstić information content (AvgIpc) is 1.77. The fraction of sp³-hybridized carbons (Fsp3) is 0.833. The highest BCUT2D eigenvalue weighted by atomic mass is 35.7. The summed E-state index contributed by atoms with van der Waals surface area (Å²) in [6, 6.07) is 0. The molecule has 0 rings (SSSR count). The first-order chi connectivity index (χ1) is 5.92. The maximum absolute atomic E-state index is 10.0. The van der Waals surface area contributed by atoms with Gasteiger partial charge in [-0.2, -0.15) is 0 Å². The van der Waals surface area contributed by atoms with Crippen molar-refractivity contribution in [2.75, 3.05) is 27.7 Å². The number of nitrogens with zero attached hydrogens (tertiary/aromatic N) is 1. The second kappa shape index (κ2) is 6.12. The molecule has 0 aromatic rings. The normalized spacial score (nSPS) is 11.6. The van der Waals surface area contributed by atoms with Gasteiger partial charge in [-0.1, -0.05) is 0 Å². The van der Waals surface area contributed by atoms with Gasteiger partial charge in [0, 0.05) is 0 Å². The standard InChI is InChI=1S/C6H13NO2.ClHO4/c1-7(2,3)5-4-6(8)9;2-1(3,4)5/h4-5H2,1-3H3;(H,2,3,4,5). The summed E-state index contributed by atoms with van der Waals surface area (Å²) in [5.74, 6) is -0.719. The van der Waals surface area contributed by atoms with Crippen LogP contribution in [0.25, 0.3) is 0 Å². The second-order valence-corrected chi connectivity index (χ2v) is 4.29. The second-order valence-electron chi connectivity index (χ2n) is 3.54. The molecule has 0 saturated heterocycles. The third kappa shape index (κ3) is 41.7. The summed E-state index contributed by atoms with van der Waals surface area (Å²) in [5.41, 5.74) is 0. The van der Waals surface area contributed by atoms with E-state index in [4.69, 9.17) is 23.7 Å². The van der Waals surface area contributed by atoms with Crippen molar-refractivity contribution in [1.29, 1.82) is 0 Å². The van der Waals surface area contributed by atoms with Crippen LogP contribution in [0.4, 0.5) is 0 Å². The molecule has 1 N–H and O–H groups in total. The van der Waals surface area contributed by atoms with E-state index in [-0.39, 0.29) is 6.42 Å². The summed E-state index contributed by atoms with van der Waals surface area (Å²) in [7, 11) is 0.981. The monoisotopic (exact) mass is 231 g/mol. The number of rotatable bonds is 3. The molecule has 0 bridgehead atoms. The Kier molecular flexibility index (Phi) is 7.00. The van der Waals surface area contributed by atoms with Crippen molar-refractivity contribution in [3.63, 3.8) is 0 Å². The van der Waals surface area contributed by atoms with Crippen LogP contribution in [0.5, 0.6) is 0 Å². The van der Waals surface area contributed by atoms with Crippen LogP contribution in [-0.2, 0) is 4.79 Å². The Balaban J connectivity index is 0. The molecule has 0 aromatic heterocycles. The average molecular weight is 232 g/mol. The van der Waals surface area contributed by atoms with E-state index in [1.54, 1.807) is 0 Å². The molecule has 86 valence electrons. The van der Waals surface area contributed by atoms with Crippen LogP contribution in [0, 0.1) is 10.2 Å². The number of halogens is 1. The lowest BCUT2D eigenvalue weighted by Crippen LogP contribution is -2.68. The zero-order valence-electron chi connectivity index (χ0n) is 8.23. The van der Waals surface area contributed by atoms with Crippen molar-refractivity contribution in [2.45, 2.75) is 6.42 Å². The van der Waals surface area contributed by atoms with Crippen molar-refractivity contribution in [3.8, 4) is 0 Å². The Labute approximate surface area is 84.1 Å². The molecule has 0 amide bonds. The predicted molar refractivity (Wildman–Crippen MR) is 35.2 cm³/mol. The number of carboxylic acids is 1. The summed E-state index contributed by atoms with van der Waals surface area (Å²) >= 11 is 0. The number of carbonyl (C=O) groups is 1. The zero-order valence-corrected chi connectivity index (χ0v) is 8.98. The Morgan fingerprint density at radius 2 is 1.50 bits per heavy atom. The van der Waals surface area contributed by atoms with E-state index < -0.39 is 16.2 Å². The Morgan fingerprint density at radius 1 is 1.21 bits per heavy atom. The van der Waals surface area contributed by atoms with E-state index in [1.165, 1.54) is 0 Å². The molecule has 0 aliphatic carbocycles. The van der Waals surface area contributed by atoms with Crippen LogP contribution in [-0.4, -0.2) is 43.2 Å². The third-order valence-corrected chi connectivity index (χ3v) is 0.996. The lowest BCUT2D eigenvalue weighted by Gasteiger charge is -2.22. The topological polar surface area (TPSA) is 130 Å². The molecule has 7 nitrogen and oxygen atoms in total. The molecule has 0 fully saturated rings. The van der Waals surface area contributed by atoms with Crippen molar-refractivity contribution in [3.05, 3.63) is 0 Å². The highest BCUT2D eigenvalue weighted by Crippen LogP contribution is 1.92. The fourth-order valence-corrected chi connectivity index (χ4v) is 0.431. The van der Waals surface area contributed by atoms with E-state index in [0.29, 0.717) is 11.0 Å². The van der Waals surface area contributed by atoms with Crippen LogP contribution in [0.1, 0.15) is 6.42 Å². The highest BCUT2D eigenvalue weighted by molar-refractivity contribution is 5.66. The third-order valence-electron chi connectivity index (χ3n) is 0.996. The van der Waals surface area contributed by atoms with Gasteiger partial charge in [0.15, 0.2) is 0 Å². The van der Waals surface area contributed by atoms with Crippen LogP contribution < -0.4 is 18.6 Å². The summed E-state index contributed by atoms with van der Waals surface area (Å²) in [6.07, 6.45) is 0.253. The summed E-state index contributed by atoms with van der Waals surface area (Å²) in [5, 5.41) is 8.27. The van der Waals surface area contributed by atoms with E-state index in [9.17, 15) is 4.79 Å². The van der Waals surface area contributed by atoms with Gasteiger partial charge in [-0.25, -0.2) is 18.6 Å². The number of aliphatic carboxylic acids is 1. The minimum absolute atomic E-state index is 0.253. The Morgan fingerprint density at radius 3 is 1.57 bits per heavy atom. The lowest BCUT2D eigenvalue weighted by molar-refractivity contribution is -2.00. The van der Waals surface area contributed by atoms with Gasteiger partial charge in [0.1, 0.15) is 0 Å². The van der Waals surface area contributed by atoms with Gasteiger partial charge in [0.05, 0.1) is 34.1 Å². The molecule has 0 saturated carbocycles. The van der Waals surface area contributed by atoms with E-state index in [2.05, 4.69) is 0 Å². The van der Waals surface area contributed by atoms with Gasteiger partial charge in [0.2, 0.25) is 0 Å². The molecular formula is C6H14ClNO6. The quantitative estimate of drug-likeness (QED) is 0.487. The Hall–Kier alpha value is -0.440. The van der Waals surface area contributed by atoms with E-state index in [1.807, 2.05) is 21.1 Å². The number of hydrogen-bond acceptors (Lipinski definition) is 5. The first-order valence-electron chi connectivity index (χ1n) is 3.56. The molecule has 0 unspecified atom stereocenters. The molecule has 14 heavy (non-hydrogen) atoms. The highest BCUT2D eigenvalue weighted by Gasteiger charge is 2.08. The minimum atomic E-state index is -4.94. The lowest BCUT2D eigenvalue weighted by atomic mass is 10.4. The Bertz CT molecular complexity index is 166. The number of quaternary nitrogens is 1. The number of carboxylic acid groups (broad SMARTS) is 1. The fourth-order valence-electron chi connectivity index (χ4n) is 0.431. The van der Waals surface area contributed by atoms with Gasteiger partial charge in [-0.15, -0.1) is 10.2 Å². The van der Waals surface area contributed by atoms with Gasteiger partial charge in [0.25, 0.3) is 0 Å². The van der Waals surface area contributed by atoms with Gasteiger partial charge in [-0.3, -0.25) is 4.79 Å². The molecule has 0 spiro atoms. The number of hydrogen-bond donors (Lipinski definition) is 1. The van der Waals surface area contributed by atoms with Gasteiger partial charge >= 0.3 is 5.97 Å². The van der Waals surface area contributed by atoms with Gasteiger partial charge < -0.3 is 9.59 Å². The van der Waals surface area contributed by atoms with Crippen molar-refractivity contribution in [1.82, 2.24) is 0 Å². The first-order valence-corrected chi connectivity index (χ1v) is 4.79. The van der Waals surface area contributed by atoms with Crippen LogP contribution >= 0.6 is 0 Å². The molecule has 0 radical (unpaired) electrons. The summed E-state index contributed by atoms with van der Waals surface area (Å²) in [4.78, 5) is 10.0.